The molecule has 0 aliphatic heterocycles. The van der Waals surface area contributed by atoms with Crippen molar-refractivity contribution < 1.29 is 9.53 Å². The molecule has 3 rings (SSSR count). The van der Waals surface area contributed by atoms with E-state index in [0.717, 1.165) is 22.4 Å². The Balaban J connectivity index is 1.42. The summed E-state index contributed by atoms with van der Waals surface area (Å²) in [6.07, 6.45) is 1.84. The largest absolute Gasteiger partial charge is 0.491 e. The van der Waals surface area contributed by atoms with E-state index in [0.29, 0.717) is 25.5 Å². The molecular formula is C21H24N4O2. The first-order chi connectivity index (χ1) is 13.1. The third-order valence-electron chi connectivity index (χ3n) is 4.11. The summed E-state index contributed by atoms with van der Waals surface area (Å²) in [5.74, 6) is 1.39. The van der Waals surface area contributed by atoms with E-state index >= 15 is 0 Å². The van der Waals surface area contributed by atoms with Crippen molar-refractivity contribution in [1.82, 2.24) is 15.1 Å². The highest BCUT2D eigenvalue weighted by atomic mass is 16.5. The van der Waals surface area contributed by atoms with Crippen molar-refractivity contribution >= 4 is 11.8 Å². The van der Waals surface area contributed by atoms with Crippen molar-refractivity contribution in [2.24, 2.45) is 0 Å². The van der Waals surface area contributed by atoms with Gasteiger partial charge in [0, 0.05) is 12.3 Å². The summed E-state index contributed by atoms with van der Waals surface area (Å²) in [6.45, 7) is 5.49. The summed E-state index contributed by atoms with van der Waals surface area (Å²) in [7, 11) is 0. The van der Waals surface area contributed by atoms with Crippen LogP contribution < -0.4 is 15.4 Å². The Morgan fingerprint density at radius 1 is 1.04 bits per heavy atom. The van der Waals surface area contributed by atoms with Gasteiger partial charge in [-0.1, -0.05) is 48.5 Å². The van der Waals surface area contributed by atoms with Crippen LogP contribution in [0.5, 0.6) is 5.75 Å². The molecule has 2 aromatic carbocycles. The topological polar surface area (TPSA) is 68.2 Å². The lowest BCUT2D eigenvalue weighted by molar-refractivity contribution is 0.247. The van der Waals surface area contributed by atoms with E-state index in [9.17, 15) is 4.79 Å². The lowest BCUT2D eigenvalue weighted by atomic mass is 10.1. The summed E-state index contributed by atoms with van der Waals surface area (Å²) >= 11 is 0. The van der Waals surface area contributed by atoms with Crippen LogP contribution in [0.15, 0.2) is 60.8 Å². The minimum absolute atomic E-state index is 0.301. The van der Waals surface area contributed by atoms with Gasteiger partial charge >= 0.3 is 6.03 Å². The van der Waals surface area contributed by atoms with Gasteiger partial charge in [-0.3, -0.25) is 10.00 Å². The molecule has 0 spiro atoms. The number of nitrogens with one attached hydrogen (secondary N) is 2. The number of para-hydroxylation sites is 1. The first-order valence-electron chi connectivity index (χ1n) is 8.93. The number of amides is 2. The maximum Gasteiger partial charge on any atom is 0.320 e. The van der Waals surface area contributed by atoms with Gasteiger partial charge in [-0.2, -0.15) is 5.10 Å². The Bertz CT molecular complexity index is 870. The number of rotatable bonds is 7. The van der Waals surface area contributed by atoms with E-state index in [2.05, 4.69) is 15.7 Å². The average molecular weight is 364 g/mol. The summed E-state index contributed by atoms with van der Waals surface area (Å²) in [6, 6.07) is 17.5. The number of ether oxygens (including phenoxy) is 1. The standard InChI is InChI=1S/C21H24N4O2/c1-16-7-6-8-17(2)20(16)27-14-12-22-21(26)23-19-11-13-25(24-19)15-18-9-4-3-5-10-18/h3-11,13H,12,14-15H2,1-2H3,(H2,22,23,24,26). The third kappa shape index (κ3) is 5.34. The molecule has 1 heterocycles. The maximum absolute atomic E-state index is 12.0. The highest BCUT2D eigenvalue weighted by molar-refractivity contribution is 5.88. The number of benzene rings is 2. The van der Waals surface area contributed by atoms with Crippen LogP contribution >= 0.6 is 0 Å². The van der Waals surface area contributed by atoms with Crippen LogP contribution in [0.3, 0.4) is 0 Å². The first kappa shape index (κ1) is 18.5. The van der Waals surface area contributed by atoms with Crippen LogP contribution in [0.2, 0.25) is 0 Å². The zero-order valence-electron chi connectivity index (χ0n) is 15.6. The number of carbonyl (C=O) groups excluding carboxylic acids is 1. The van der Waals surface area contributed by atoms with Gasteiger partial charge in [-0.15, -0.1) is 0 Å². The van der Waals surface area contributed by atoms with Gasteiger partial charge in [0.05, 0.1) is 13.1 Å². The van der Waals surface area contributed by atoms with Crippen molar-refractivity contribution in [2.75, 3.05) is 18.5 Å². The maximum atomic E-state index is 12.0. The second-order valence-corrected chi connectivity index (χ2v) is 6.33. The lowest BCUT2D eigenvalue weighted by Crippen LogP contribution is -2.32. The van der Waals surface area contributed by atoms with Gasteiger partial charge in [-0.25, -0.2) is 4.79 Å². The van der Waals surface area contributed by atoms with E-state index in [1.165, 1.54) is 0 Å². The first-order valence-corrected chi connectivity index (χ1v) is 8.93. The molecule has 3 aromatic rings. The molecule has 0 unspecified atom stereocenters. The van der Waals surface area contributed by atoms with Gasteiger partial charge < -0.3 is 10.1 Å². The Morgan fingerprint density at radius 2 is 1.78 bits per heavy atom. The molecule has 27 heavy (non-hydrogen) atoms. The molecule has 0 radical (unpaired) electrons. The molecule has 2 amide bonds. The molecule has 0 fully saturated rings. The third-order valence-corrected chi connectivity index (χ3v) is 4.11. The molecule has 6 heteroatoms. The van der Waals surface area contributed by atoms with Gasteiger partial charge in [0.1, 0.15) is 12.4 Å². The highest BCUT2D eigenvalue weighted by Gasteiger charge is 2.06. The molecule has 2 N–H and O–H groups in total. The number of aryl methyl sites for hydroxylation is 2. The number of carbonyl (C=O) groups is 1. The molecule has 1 aromatic heterocycles. The zero-order chi connectivity index (χ0) is 19.1. The quantitative estimate of drug-likeness (QED) is 0.628. The Morgan fingerprint density at radius 3 is 2.52 bits per heavy atom. The minimum atomic E-state index is -0.301. The Kier molecular flexibility index (Phi) is 6.10. The fourth-order valence-corrected chi connectivity index (χ4v) is 2.79. The predicted molar refractivity (Wildman–Crippen MR) is 106 cm³/mol. The van der Waals surface area contributed by atoms with Crippen LogP contribution in [0.1, 0.15) is 16.7 Å². The van der Waals surface area contributed by atoms with Gasteiger partial charge in [0.15, 0.2) is 5.82 Å². The summed E-state index contributed by atoms with van der Waals surface area (Å²) in [4.78, 5) is 12.0. The Labute approximate surface area is 159 Å². The lowest BCUT2D eigenvalue weighted by Gasteiger charge is -2.12. The smallest absolute Gasteiger partial charge is 0.320 e. The van der Waals surface area contributed by atoms with E-state index in [1.807, 2.05) is 68.6 Å². The van der Waals surface area contributed by atoms with E-state index in [1.54, 1.807) is 10.7 Å². The molecule has 0 saturated carbocycles. The fourth-order valence-electron chi connectivity index (χ4n) is 2.79. The zero-order valence-corrected chi connectivity index (χ0v) is 15.6. The molecule has 0 aliphatic carbocycles. The predicted octanol–water partition coefficient (Wildman–Crippen LogP) is 3.75. The van der Waals surface area contributed by atoms with Crippen LogP contribution in [-0.2, 0) is 6.54 Å². The number of hydrogen-bond acceptors (Lipinski definition) is 3. The SMILES string of the molecule is Cc1cccc(C)c1OCCNC(=O)Nc1ccn(Cc2ccccc2)n1. The number of nitrogens with zero attached hydrogens (tertiary/aromatic N) is 2. The second kappa shape index (κ2) is 8.89. The Hall–Kier alpha value is -3.28. The summed E-state index contributed by atoms with van der Waals surface area (Å²) < 4.78 is 7.56. The molecule has 0 aliphatic rings. The summed E-state index contributed by atoms with van der Waals surface area (Å²) in [5.41, 5.74) is 3.33. The van der Waals surface area contributed by atoms with Crippen LogP contribution in [0.4, 0.5) is 10.6 Å². The number of aromatic nitrogens is 2. The monoisotopic (exact) mass is 364 g/mol. The van der Waals surface area contributed by atoms with E-state index in [-0.39, 0.29) is 6.03 Å². The number of anilines is 1. The van der Waals surface area contributed by atoms with Gasteiger partial charge in [0.2, 0.25) is 0 Å². The number of hydrogen-bond donors (Lipinski definition) is 2. The average Bonchev–Trinajstić information content (AvgIpc) is 3.08. The molecular weight excluding hydrogens is 340 g/mol. The van der Waals surface area contributed by atoms with Crippen molar-refractivity contribution in [3.05, 3.63) is 77.5 Å². The van der Waals surface area contributed by atoms with Crippen molar-refractivity contribution in [2.45, 2.75) is 20.4 Å². The molecule has 0 saturated heterocycles. The van der Waals surface area contributed by atoms with E-state index < -0.39 is 0 Å². The van der Waals surface area contributed by atoms with Crippen molar-refractivity contribution in [3.8, 4) is 5.75 Å². The summed E-state index contributed by atoms with van der Waals surface area (Å²) in [5, 5.41) is 9.86. The highest BCUT2D eigenvalue weighted by Crippen LogP contribution is 2.21. The van der Waals surface area contributed by atoms with Crippen molar-refractivity contribution in [3.63, 3.8) is 0 Å². The van der Waals surface area contributed by atoms with Crippen molar-refractivity contribution in [1.29, 1.82) is 0 Å². The van der Waals surface area contributed by atoms with Gasteiger partial charge in [-0.05, 0) is 30.5 Å². The second-order valence-electron chi connectivity index (χ2n) is 6.33. The van der Waals surface area contributed by atoms with Crippen LogP contribution in [0.25, 0.3) is 0 Å². The molecule has 140 valence electrons. The van der Waals surface area contributed by atoms with Crippen LogP contribution in [-0.4, -0.2) is 29.0 Å². The normalized spacial score (nSPS) is 10.4. The minimum Gasteiger partial charge on any atom is -0.491 e. The molecule has 6 nitrogen and oxygen atoms in total. The number of urea groups is 1. The van der Waals surface area contributed by atoms with Gasteiger partial charge in [0.25, 0.3) is 0 Å². The van der Waals surface area contributed by atoms with Crippen LogP contribution in [0, 0.1) is 13.8 Å². The molecule has 0 bridgehead atoms. The van der Waals surface area contributed by atoms with E-state index in [4.69, 9.17) is 4.74 Å². The fraction of sp³-hybridized carbons (Fsp3) is 0.238. The molecule has 0 atom stereocenters.